The van der Waals surface area contributed by atoms with Gasteiger partial charge in [0.2, 0.25) is 0 Å². The second-order valence-electron chi connectivity index (χ2n) is 3.03. The van der Waals surface area contributed by atoms with Crippen molar-refractivity contribution in [1.29, 1.82) is 0 Å². The Hall–Kier alpha value is -0.370. The van der Waals surface area contributed by atoms with Gasteiger partial charge in [-0.3, -0.25) is 0 Å². The Labute approximate surface area is 66.3 Å². The molecular formula is C8H13NS. The van der Waals surface area contributed by atoms with Crippen molar-refractivity contribution in [1.82, 2.24) is 4.37 Å². The molecule has 0 aliphatic carbocycles. The molecule has 0 aromatic carbocycles. The van der Waals surface area contributed by atoms with Crippen molar-refractivity contribution in [2.24, 2.45) is 5.92 Å². The summed E-state index contributed by atoms with van der Waals surface area (Å²) in [5, 5.41) is 0. The topological polar surface area (TPSA) is 12.9 Å². The predicted molar refractivity (Wildman–Crippen MR) is 45.4 cm³/mol. The Morgan fingerprint density at radius 1 is 1.60 bits per heavy atom. The Morgan fingerprint density at radius 3 is 2.70 bits per heavy atom. The van der Waals surface area contributed by atoms with Crippen LogP contribution in [0.25, 0.3) is 0 Å². The molecule has 1 aromatic heterocycles. The van der Waals surface area contributed by atoms with Gasteiger partial charge in [-0.25, -0.2) is 4.37 Å². The van der Waals surface area contributed by atoms with Gasteiger partial charge in [0.15, 0.2) is 0 Å². The Bertz CT molecular complexity index is 203. The van der Waals surface area contributed by atoms with E-state index in [1.165, 1.54) is 16.9 Å². The summed E-state index contributed by atoms with van der Waals surface area (Å²) >= 11 is 1.63. The average Bonchev–Trinajstić information content (AvgIpc) is 2.15. The maximum atomic E-state index is 4.12. The van der Waals surface area contributed by atoms with Gasteiger partial charge in [-0.1, -0.05) is 13.8 Å². The maximum absolute atomic E-state index is 4.12. The molecule has 0 amide bonds. The molecule has 10 heavy (non-hydrogen) atoms. The molecule has 2 heteroatoms. The van der Waals surface area contributed by atoms with E-state index in [1.54, 1.807) is 11.5 Å². The minimum absolute atomic E-state index is 0.749. The number of hydrogen-bond acceptors (Lipinski definition) is 2. The largest absolute Gasteiger partial charge is 0.201 e. The molecule has 0 spiro atoms. The lowest BCUT2D eigenvalue weighted by Gasteiger charge is -2.00. The molecule has 1 rings (SSSR count). The Morgan fingerprint density at radius 2 is 2.30 bits per heavy atom. The Balaban J connectivity index is 2.65. The van der Waals surface area contributed by atoms with Crippen molar-refractivity contribution >= 4 is 11.5 Å². The van der Waals surface area contributed by atoms with E-state index in [1.807, 2.05) is 6.20 Å². The lowest BCUT2D eigenvalue weighted by Crippen LogP contribution is -1.91. The normalized spacial score (nSPS) is 10.8. The van der Waals surface area contributed by atoms with Crippen LogP contribution in [0.2, 0.25) is 0 Å². The lowest BCUT2D eigenvalue weighted by molar-refractivity contribution is 0.652. The summed E-state index contributed by atoms with van der Waals surface area (Å²) in [6.45, 7) is 6.60. The van der Waals surface area contributed by atoms with Gasteiger partial charge < -0.3 is 0 Å². The van der Waals surface area contributed by atoms with Crippen LogP contribution in [-0.2, 0) is 6.42 Å². The third kappa shape index (κ3) is 1.81. The van der Waals surface area contributed by atoms with E-state index in [-0.39, 0.29) is 0 Å². The van der Waals surface area contributed by atoms with Gasteiger partial charge in [-0.05, 0) is 36.4 Å². The minimum Gasteiger partial charge on any atom is -0.201 e. The second kappa shape index (κ2) is 3.15. The van der Waals surface area contributed by atoms with Crippen LogP contribution in [0.15, 0.2) is 6.20 Å². The lowest BCUT2D eigenvalue weighted by atomic mass is 10.1. The standard InChI is InChI=1S/C8H13NS/c1-6(2)4-8-7(3)5-9-10-8/h5-6H,4H2,1-3H3. The highest BCUT2D eigenvalue weighted by Gasteiger charge is 2.02. The van der Waals surface area contributed by atoms with Gasteiger partial charge in [-0.2, -0.15) is 0 Å². The third-order valence-electron chi connectivity index (χ3n) is 1.44. The minimum atomic E-state index is 0.749. The second-order valence-corrected chi connectivity index (χ2v) is 3.92. The van der Waals surface area contributed by atoms with Crippen LogP contribution in [0, 0.1) is 12.8 Å². The molecule has 0 saturated carbocycles. The van der Waals surface area contributed by atoms with Crippen LogP contribution in [0.4, 0.5) is 0 Å². The van der Waals surface area contributed by atoms with Gasteiger partial charge in [0.05, 0.1) is 0 Å². The van der Waals surface area contributed by atoms with E-state index in [2.05, 4.69) is 25.1 Å². The maximum Gasteiger partial charge on any atom is 0.0438 e. The van der Waals surface area contributed by atoms with E-state index >= 15 is 0 Å². The Kier molecular flexibility index (Phi) is 2.44. The summed E-state index contributed by atoms with van der Waals surface area (Å²) in [7, 11) is 0. The van der Waals surface area contributed by atoms with Crippen LogP contribution in [-0.4, -0.2) is 4.37 Å². The van der Waals surface area contributed by atoms with Crippen molar-refractivity contribution in [3.8, 4) is 0 Å². The summed E-state index contributed by atoms with van der Waals surface area (Å²) in [6, 6.07) is 0. The van der Waals surface area contributed by atoms with Crippen LogP contribution < -0.4 is 0 Å². The zero-order valence-electron chi connectivity index (χ0n) is 6.72. The molecule has 0 N–H and O–H groups in total. The summed E-state index contributed by atoms with van der Waals surface area (Å²) in [6.07, 6.45) is 3.12. The van der Waals surface area contributed by atoms with Crippen LogP contribution in [0.1, 0.15) is 24.3 Å². The number of hydrogen-bond donors (Lipinski definition) is 0. The first-order valence-corrected chi connectivity index (χ1v) is 4.37. The highest BCUT2D eigenvalue weighted by Crippen LogP contribution is 2.16. The van der Waals surface area contributed by atoms with Crippen LogP contribution in [0.3, 0.4) is 0 Å². The number of aryl methyl sites for hydroxylation is 1. The van der Waals surface area contributed by atoms with Crippen molar-refractivity contribution < 1.29 is 0 Å². The monoisotopic (exact) mass is 155 g/mol. The predicted octanol–water partition coefficient (Wildman–Crippen LogP) is 2.65. The van der Waals surface area contributed by atoms with E-state index in [0.717, 1.165) is 5.92 Å². The smallest absolute Gasteiger partial charge is 0.0438 e. The highest BCUT2D eigenvalue weighted by molar-refractivity contribution is 7.05. The van der Waals surface area contributed by atoms with Gasteiger partial charge in [0, 0.05) is 11.1 Å². The van der Waals surface area contributed by atoms with E-state index < -0.39 is 0 Å². The molecule has 1 aromatic rings. The van der Waals surface area contributed by atoms with E-state index in [0.29, 0.717) is 0 Å². The molecule has 0 saturated heterocycles. The van der Waals surface area contributed by atoms with Crippen molar-refractivity contribution in [2.75, 3.05) is 0 Å². The van der Waals surface area contributed by atoms with Crippen LogP contribution in [0.5, 0.6) is 0 Å². The molecule has 1 heterocycles. The fourth-order valence-electron chi connectivity index (χ4n) is 0.882. The van der Waals surface area contributed by atoms with Crippen LogP contribution >= 0.6 is 11.5 Å². The van der Waals surface area contributed by atoms with Gasteiger partial charge in [0.25, 0.3) is 0 Å². The van der Waals surface area contributed by atoms with E-state index in [4.69, 9.17) is 0 Å². The molecule has 1 nitrogen and oxygen atoms in total. The quantitative estimate of drug-likeness (QED) is 0.640. The van der Waals surface area contributed by atoms with Crippen molar-refractivity contribution in [2.45, 2.75) is 27.2 Å². The molecule has 0 aliphatic rings. The molecular weight excluding hydrogens is 142 g/mol. The molecule has 0 unspecified atom stereocenters. The molecule has 0 radical (unpaired) electrons. The summed E-state index contributed by atoms with van der Waals surface area (Å²) in [5.74, 6) is 0.749. The summed E-state index contributed by atoms with van der Waals surface area (Å²) in [4.78, 5) is 1.44. The molecule has 0 fully saturated rings. The zero-order chi connectivity index (χ0) is 7.56. The fraction of sp³-hybridized carbons (Fsp3) is 0.625. The molecule has 0 aliphatic heterocycles. The number of rotatable bonds is 2. The third-order valence-corrected chi connectivity index (χ3v) is 2.36. The first-order chi connectivity index (χ1) is 4.70. The first-order valence-electron chi connectivity index (χ1n) is 3.60. The summed E-state index contributed by atoms with van der Waals surface area (Å²) in [5.41, 5.74) is 1.35. The fourth-order valence-corrected chi connectivity index (χ4v) is 1.82. The molecule has 0 bridgehead atoms. The van der Waals surface area contributed by atoms with Crippen molar-refractivity contribution in [3.63, 3.8) is 0 Å². The SMILES string of the molecule is Cc1cnsc1CC(C)C. The number of aromatic nitrogens is 1. The zero-order valence-corrected chi connectivity index (χ0v) is 7.53. The van der Waals surface area contributed by atoms with Crippen molar-refractivity contribution in [3.05, 3.63) is 16.6 Å². The first kappa shape index (κ1) is 7.73. The molecule has 0 atom stereocenters. The molecule has 56 valence electrons. The van der Waals surface area contributed by atoms with Gasteiger partial charge >= 0.3 is 0 Å². The van der Waals surface area contributed by atoms with E-state index in [9.17, 15) is 0 Å². The number of nitrogens with zero attached hydrogens (tertiary/aromatic N) is 1. The van der Waals surface area contributed by atoms with Gasteiger partial charge in [-0.15, -0.1) is 0 Å². The highest BCUT2D eigenvalue weighted by atomic mass is 32.1. The van der Waals surface area contributed by atoms with Gasteiger partial charge in [0.1, 0.15) is 0 Å². The summed E-state index contributed by atoms with van der Waals surface area (Å²) < 4.78 is 4.12. The average molecular weight is 155 g/mol.